The summed E-state index contributed by atoms with van der Waals surface area (Å²) in [6, 6.07) is 0. The summed E-state index contributed by atoms with van der Waals surface area (Å²) >= 11 is 3.22. The SMILES string of the molecule is CC(C)(F)C(C)(C)Br. The van der Waals surface area contributed by atoms with Crippen LogP contribution >= 0.6 is 15.9 Å². The fraction of sp³-hybridized carbons (Fsp3) is 1.00. The van der Waals surface area contributed by atoms with Gasteiger partial charge in [-0.3, -0.25) is 0 Å². The van der Waals surface area contributed by atoms with Crippen molar-refractivity contribution in [1.82, 2.24) is 0 Å². The molecule has 0 heterocycles. The van der Waals surface area contributed by atoms with E-state index >= 15 is 0 Å². The molecule has 50 valence electrons. The zero-order chi connectivity index (χ0) is 7.00. The molecule has 0 amide bonds. The molecule has 0 aromatic rings. The van der Waals surface area contributed by atoms with Crippen molar-refractivity contribution in [1.29, 1.82) is 0 Å². The Morgan fingerprint density at radius 3 is 1.25 bits per heavy atom. The fourth-order valence-electron chi connectivity index (χ4n) is 0. The second kappa shape index (κ2) is 1.98. The zero-order valence-electron chi connectivity index (χ0n) is 5.76. The van der Waals surface area contributed by atoms with Crippen molar-refractivity contribution in [2.45, 2.75) is 37.7 Å². The van der Waals surface area contributed by atoms with E-state index in [9.17, 15) is 4.39 Å². The highest BCUT2D eigenvalue weighted by Gasteiger charge is 2.34. The first-order valence-corrected chi connectivity index (χ1v) is 3.42. The van der Waals surface area contributed by atoms with Crippen molar-refractivity contribution in [2.24, 2.45) is 0 Å². The Morgan fingerprint density at radius 2 is 1.25 bits per heavy atom. The first kappa shape index (κ1) is 8.41. The van der Waals surface area contributed by atoms with Gasteiger partial charge in [-0.2, -0.15) is 0 Å². The van der Waals surface area contributed by atoms with Crippen LogP contribution < -0.4 is 0 Å². The minimum absolute atomic E-state index is 0.417. The van der Waals surface area contributed by atoms with Crippen LogP contribution in [-0.2, 0) is 0 Å². The third kappa shape index (κ3) is 2.12. The number of halogens is 2. The predicted octanol–water partition coefficient (Wildman–Crippen LogP) is 2.91. The van der Waals surface area contributed by atoms with Crippen LogP contribution in [0.5, 0.6) is 0 Å². The zero-order valence-corrected chi connectivity index (χ0v) is 7.34. The van der Waals surface area contributed by atoms with Crippen LogP contribution in [-0.4, -0.2) is 9.99 Å². The van der Waals surface area contributed by atoms with E-state index in [1.165, 1.54) is 0 Å². The van der Waals surface area contributed by atoms with Gasteiger partial charge < -0.3 is 0 Å². The molecule has 0 aromatic heterocycles. The van der Waals surface area contributed by atoms with Gasteiger partial charge in [-0.25, -0.2) is 4.39 Å². The van der Waals surface area contributed by atoms with Crippen LogP contribution in [0.1, 0.15) is 27.7 Å². The molecule has 0 N–H and O–H groups in total. The summed E-state index contributed by atoms with van der Waals surface area (Å²) < 4.78 is 12.4. The molecule has 0 bridgehead atoms. The predicted molar refractivity (Wildman–Crippen MR) is 38.2 cm³/mol. The van der Waals surface area contributed by atoms with E-state index in [1.807, 2.05) is 13.8 Å². The van der Waals surface area contributed by atoms with E-state index in [0.717, 1.165) is 0 Å². The molecule has 0 rings (SSSR count). The van der Waals surface area contributed by atoms with Crippen molar-refractivity contribution in [3.05, 3.63) is 0 Å². The van der Waals surface area contributed by atoms with Gasteiger partial charge in [0.25, 0.3) is 0 Å². The summed E-state index contributed by atoms with van der Waals surface area (Å²) in [5.41, 5.74) is -1.15. The summed E-state index contributed by atoms with van der Waals surface area (Å²) in [7, 11) is 0. The molecule has 0 radical (unpaired) electrons. The fourth-order valence-corrected chi connectivity index (χ4v) is 0. The molecule has 0 nitrogen and oxygen atoms in total. The lowest BCUT2D eigenvalue weighted by Gasteiger charge is -2.28. The van der Waals surface area contributed by atoms with Gasteiger partial charge >= 0.3 is 0 Å². The molecule has 0 aromatic carbocycles. The van der Waals surface area contributed by atoms with Crippen LogP contribution in [0.2, 0.25) is 0 Å². The third-order valence-corrected chi connectivity index (χ3v) is 2.36. The lowest BCUT2D eigenvalue weighted by Crippen LogP contribution is -2.34. The first-order valence-electron chi connectivity index (χ1n) is 2.63. The molecule has 0 spiro atoms. The normalized spacial score (nSPS) is 14.2. The van der Waals surface area contributed by atoms with E-state index in [2.05, 4.69) is 15.9 Å². The van der Waals surface area contributed by atoms with Crippen LogP contribution in [0.3, 0.4) is 0 Å². The van der Waals surface area contributed by atoms with Crippen molar-refractivity contribution in [3.63, 3.8) is 0 Å². The molecule has 0 saturated heterocycles. The van der Waals surface area contributed by atoms with Crippen LogP contribution in [0.25, 0.3) is 0 Å². The number of hydrogen-bond acceptors (Lipinski definition) is 0. The monoisotopic (exact) mass is 182 g/mol. The second-order valence-corrected chi connectivity index (χ2v) is 4.93. The maximum absolute atomic E-state index is 12.8. The van der Waals surface area contributed by atoms with Gasteiger partial charge in [-0.1, -0.05) is 15.9 Å². The van der Waals surface area contributed by atoms with Crippen LogP contribution in [0.4, 0.5) is 4.39 Å². The molecule has 0 unspecified atom stereocenters. The van der Waals surface area contributed by atoms with Crippen molar-refractivity contribution in [3.8, 4) is 0 Å². The molecule has 0 saturated carbocycles. The standard InChI is InChI=1S/C6H12BrF/c1-5(2,7)6(3,4)8/h1-4H3. The van der Waals surface area contributed by atoms with Gasteiger partial charge in [0.05, 0.1) is 4.32 Å². The van der Waals surface area contributed by atoms with Crippen molar-refractivity contribution in [2.75, 3.05) is 0 Å². The van der Waals surface area contributed by atoms with E-state index < -0.39 is 9.99 Å². The Kier molecular flexibility index (Phi) is 2.08. The molecular weight excluding hydrogens is 171 g/mol. The molecular formula is C6H12BrF. The minimum Gasteiger partial charge on any atom is -0.243 e. The molecule has 0 aliphatic heterocycles. The summed E-state index contributed by atoms with van der Waals surface area (Å²) in [5.74, 6) is 0. The average molecular weight is 183 g/mol. The topological polar surface area (TPSA) is 0 Å². The third-order valence-electron chi connectivity index (χ3n) is 1.41. The Morgan fingerprint density at radius 1 is 1.12 bits per heavy atom. The lowest BCUT2D eigenvalue weighted by atomic mass is 9.97. The van der Waals surface area contributed by atoms with Gasteiger partial charge in [0.2, 0.25) is 0 Å². The largest absolute Gasteiger partial charge is 0.243 e. The van der Waals surface area contributed by atoms with E-state index in [0.29, 0.717) is 0 Å². The maximum Gasteiger partial charge on any atom is 0.120 e. The second-order valence-electron chi connectivity index (χ2n) is 2.94. The van der Waals surface area contributed by atoms with Gasteiger partial charge in [0, 0.05) is 0 Å². The Bertz CT molecular complexity index is 63.5. The molecule has 0 fully saturated rings. The molecule has 0 aliphatic rings. The van der Waals surface area contributed by atoms with Crippen molar-refractivity contribution < 1.29 is 4.39 Å². The highest BCUT2D eigenvalue weighted by atomic mass is 79.9. The van der Waals surface area contributed by atoms with Gasteiger partial charge in [-0.15, -0.1) is 0 Å². The maximum atomic E-state index is 12.8. The number of alkyl halides is 2. The number of hydrogen-bond donors (Lipinski definition) is 0. The quantitative estimate of drug-likeness (QED) is 0.548. The van der Waals surface area contributed by atoms with E-state index in [-0.39, 0.29) is 0 Å². The van der Waals surface area contributed by atoms with Gasteiger partial charge in [0.15, 0.2) is 0 Å². The first-order chi connectivity index (χ1) is 3.25. The summed E-state index contributed by atoms with van der Waals surface area (Å²) in [4.78, 5) is 0. The van der Waals surface area contributed by atoms with Crippen LogP contribution in [0.15, 0.2) is 0 Å². The highest BCUT2D eigenvalue weighted by molar-refractivity contribution is 9.10. The Balaban J connectivity index is 4.02. The van der Waals surface area contributed by atoms with Crippen molar-refractivity contribution >= 4 is 15.9 Å². The molecule has 0 atom stereocenters. The average Bonchev–Trinajstić information content (AvgIpc) is 1.25. The highest BCUT2D eigenvalue weighted by Crippen LogP contribution is 2.32. The van der Waals surface area contributed by atoms with E-state index in [1.54, 1.807) is 13.8 Å². The lowest BCUT2D eigenvalue weighted by molar-refractivity contribution is 0.174. The summed E-state index contributed by atoms with van der Waals surface area (Å²) in [6.07, 6.45) is 0. The summed E-state index contributed by atoms with van der Waals surface area (Å²) in [6.45, 7) is 6.74. The van der Waals surface area contributed by atoms with Gasteiger partial charge in [-0.05, 0) is 27.7 Å². The minimum atomic E-state index is -1.15. The molecule has 8 heavy (non-hydrogen) atoms. The van der Waals surface area contributed by atoms with E-state index in [4.69, 9.17) is 0 Å². The Hall–Kier alpha value is 0.410. The van der Waals surface area contributed by atoms with Crippen LogP contribution in [0, 0.1) is 0 Å². The van der Waals surface area contributed by atoms with Gasteiger partial charge in [0.1, 0.15) is 5.67 Å². The summed E-state index contributed by atoms with van der Waals surface area (Å²) in [5, 5.41) is 0. The molecule has 2 heteroatoms. The Labute approximate surface area is 58.6 Å². The number of rotatable bonds is 1. The smallest absolute Gasteiger partial charge is 0.120 e. The molecule has 0 aliphatic carbocycles.